The van der Waals surface area contributed by atoms with E-state index in [1.54, 1.807) is 19.4 Å². The van der Waals surface area contributed by atoms with Gasteiger partial charge in [-0.2, -0.15) is 0 Å². The Labute approximate surface area is 172 Å². The Morgan fingerprint density at radius 2 is 2.04 bits per heavy atom. The number of rotatable bonds is 7. The second-order valence-electron chi connectivity index (χ2n) is 6.20. The number of furan rings is 1. The molecule has 2 rings (SSSR count). The van der Waals surface area contributed by atoms with Crippen molar-refractivity contribution in [1.82, 2.24) is 15.5 Å². The maximum absolute atomic E-state index is 13.2. The first-order valence-corrected chi connectivity index (χ1v) is 8.40. The number of hydrogen-bond acceptors (Lipinski definition) is 3. The minimum atomic E-state index is -0.195. The van der Waals surface area contributed by atoms with Crippen molar-refractivity contribution in [3.8, 4) is 0 Å². The van der Waals surface area contributed by atoms with E-state index in [0.29, 0.717) is 6.54 Å². The van der Waals surface area contributed by atoms with Crippen LogP contribution in [0.1, 0.15) is 22.9 Å². The number of aliphatic imine (C=N–C) groups is 1. The van der Waals surface area contributed by atoms with Crippen molar-refractivity contribution in [3.63, 3.8) is 0 Å². The molecule has 0 fully saturated rings. The zero-order valence-corrected chi connectivity index (χ0v) is 18.1. The van der Waals surface area contributed by atoms with Crippen molar-refractivity contribution in [2.24, 2.45) is 4.99 Å². The summed E-state index contributed by atoms with van der Waals surface area (Å²) in [5.74, 6) is 1.45. The van der Waals surface area contributed by atoms with Gasteiger partial charge in [0.2, 0.25) is 0 Å². The summed E-state index contributed by atoms with van der Waals surface area (Å²) in [4.78, 5) is 6.35. The summed E-state index contributed by atoms with van der Waals surface area (Å²) in [5.41, 5.74) is 2.10. The van der Waals surface area contributed by atoms with E-state index in [4.69, 9.17) is 4.42 Å². The molecular weight excluding hydrogens is 446 g/mol. The van der Waals surface area contributed by atoms with Gasteiger partial charge < -0.3 is 15.1 Å². The molecule has 26 heavy (non-hydrogen) atoms. The molecule has 1 aromatic heterocycles. The molecule has 0 radical (unpaired) electrons. The van der Waals surface area contributed by atoms with E-state index in [1.807, 2.05) is 39.2 Å². The highest BCUT2D eigenvalue weighted by atomic mass is 127. The SMILES string of the molecule is CN=C(NCCc1ccc(F)cc1C)NCC(c1ccco1)N(C)C.I. The lowest BCUT2D eigenvalue weighted by atomic mass is 10.1. The van der Waals surface area contributed by atoms with Crippen LogP contribution in [0.25, 0.3) is 0 Å². The van der Waals surface area contributed by atoms with E-state index in [0.717, 1.165) is 35.8 Å². The molecule has 0 amide bonds. The molecule has 144 valence electrons. The predicted molar refractivity (Wildman–Crippen MR) is 115 cm³/mol. The fraction of sp³-hybridized carbons (Fsp3) is 0.421. The summed E-state index contributed by atoms with van der Waals surface area (Å²) in [7, 11) is 5.78. The van der Waals surface area contributed by atoms with Gasteiger partial charge in [-0.15, -0.1) is 24.0 Å². The molecule has 1 unspecified atom stereocenters. The second kappa shape index (κ2) is 11.2. The number of nitrogens with one attached hydrogen (secondary N) is 2. The topological polar surface area (TPSA) is 52.8 Å². The minimum Gasteiger partial charge on any atom is -0.468 e. The van der Waals surface area contributed by atoms with E-state index in [2.05, 4.69) is 20.5 Å². The van der Waals surface area contributed by atoms with Crippen molar-refractivity contribution in [2.45, 2.75) is 19.4 Å². The molecule has 1 aromatic carbocycles. The summed E-state index contributed by atoms with van der Waals surface area (Å²) in [6.45, 7) is 3.33. The Kier molecular flexibility index (Phi) is 9.64. The summed E-state index contributed by atoms with van der Waals surface area (Å²) in [5, 5.41) is 6.62. The molecule has 0 aliphatic carbocycles. The Hall–Kier alpha value is -1.61. The number of nitrogens with zero attached hydrogens (tertiary/aromatic N) is 2. The Morgan fingerprint density at radius 3 is 2.62 bits per heavy atom. The van der Waals surface area contributed by atoms with Crippen LogP contribution in [-0.4, -0.2) is 45.1 Å². The van der Waals surface area contributed by atoms with Crippen LogP contribution < -0.4 is 10.6 Å². The third kappa shape index (κ3) is 6.60. The molecule has 0 spiro atoms. The van der Waals surface area contributed by atoms with E-state index in [-0.39, 0.29) is 35.8 Å². The zero-order chi connectivity index (χ0) is 18.2. The zero-order valence-electron chi connectivity index (χ0n) is 15.8. The van der Waals surface area contributed by atoms with Crippen LogP contribution in [0.5, 0.6) is 0 Å². The fourth-order valence-electron chi connectivity index (χ4n) is 2.69. The molecule has 1 atom stereocenters. The van der Waals surface area contributed by atoms with Gasteiger partial charge in [-0.25, -0.2) is 4.39 Å². The normalized spacial score (nSPS) is 12.6. The Morgan fingerprint density at radius 1 is 1.27 bits per heavy atom. The molecule has 1 heterocycles. The second-order valence-corrected chi connectivity index (χ2v) is 6.20. The summed E-state index contributed by atoms with van der Waals surface area (Å²) >= 11 is 0. The number of hydrogen-bond donors (Lipinski definition) is 2. The van der Waals surface area contributed by atoms with Crippen LogP contribution in [0, 0.1) is 12.7 Å². The van der Waals surface area contributed by atoms with Crippen molar-refractivity contribution in [3.05, 3.63) is 59.3 Å². The monoisotopic (exact) mass is 474 g/mol. The van der Waals surface area contributed by atoms with Gasteiger partial charge in [0.25, 0.3) is 0 Å². The molecule has 5 nitrogen and oxygen atoms in total. The van der Waals surface area contributed by atoms with Gasteiger partial charge in [-0.1, -0.05) is 6.07 Å². The molecule has 0 bridgehead atoms. The number of likely N-dealkylation sites (N-methyl/N-ethyl adjacent to an activating group) is 1. The van der Waals surface area contributed by atoms with Gasteiger partial charge in [-0.05, 0) is 62.8 Å². The Bertz CT molecular complexity index is 689. The Balaban J connectivity index is 0.00000338. The van der Waals surface area contributed by atoms with Crippen LogP contribution >= 0.6 is 24.0 Å². The smallest absolute Gasteiger partial charge is 0.191 e. The highest BCUT2D eigenvalue weighted by molar-refractivity contribution is 14.0. The number of halogens is 2. The molecule has 7 heteroatoms. The number of aryl methyl sites for hydroxylation is 1. The quantitative estimate of drug-likeness (QED) is 0.367. The van der Waals surface area contributed by atoms with E-state index < -0.39 is 0 Å². The molecule has 2 aromatic rings. The highest BCUT2D eigenvalue weighted by Crippen LogP contribution is 2.17. The van der Waals surface area contributed by atoms with Crippen LogP contribution in [-0.2, 0) is 6.42 Å². The van der Waals surface area contributed by atoms with Gasteiger partial charge in [0.15, 0.2) is 5.96 Å². The third-order valence-corrected chi connectivity index (χ3v) is 4.17. The van der Waals surface area contributed by atoms with Gasteiger partial charge >= 0.3 is 0 Å². The lowest BCUT2D eigenvalue weighted by molar-refractivity contribution is 0.258. The van der Waals surface area contributed by atoms with Crippen LogP contribution in [0.15, 0.2) is 46.0 Å². The average molecular weight is 474 g/mol. The number of guanidine groups is 1. The molecule has 2 N–H and O–H groups in total. The van der Waals surface area contributed by atoms with Crippen LogP contribution in [0.3, 0.4) is 0 Å². The molecule has 0 saturated heterocycles. The third-order valence-electron chi connectivity index (χ3n) is 4.17. The molecule has 0 aliphatic rings. The van der Waals surface area contributed by atoms with Gasteiger partial charge in [-0.3, -0.25) is 9.89 Å². The summed E-state index contributed by atoms with van der Waals surface area (Å²) in [6, 6.07) is 8.88. The summed E-state index contributed by atoms with van der Waals surface area (Å²) < 4.78 is 18.7. The average Bonchev–Trinajstić information content (AvgIpc) is 3.09. The largest absolute Gasteiger partial charge is 0.468 e. The first kappa shape index (κ1) is 22.4. The highest BCUT2D eigenvalue weighted by Gasteiger charge is 2.17. The standard InChI is InChI=1S/C19H27FN4O.HI/c1-14-12-16(20)8-7-15(14)9-10-22-19(21-2)23-13-17(24(3)4)18-6-5-11-25-18;/h5-8,11-12,17H,9-10,13H2,1-4H3,(H2,21,22,23);1H. The van der Waals surface area contributed by atoms with Crippen molar-refractivity contribution in [2.75, 3.05) is 34.2 Å². The minimum absolute atomic E-state index is 0. The molecule has 0 aliphatic heterocycles. The van der Waals surface area contributed by atoms with E-state index in [1.165, 1.54) is 6.07 Å². The predicted octanol–water partition coefficient (Wildman–Crippen LogP) is 3.36. The van der Waals surface area contributed by atoms with Crippen LogP contribution in [0.4, 0.5) is 4.39 Å². The number of benzene rings is 1. The summed E-state index contributed by atoms with van der Waals surface area (Å²) in [6.07, 6.45) is 2.49. The maximum atomic E-state index is 13.2. The molecular formula is C19H28FIN4O. The van der Waals surface area contributed by atoms with Crippen molar-refractivity contribution < 1.29 is 8.81 Å². The maximum Gasteiger partial charge on any atom is 0.191 e. The van der Waals surface area contributed by atoms with Gasteiger partial charge in [0, 0.05) is 20.1 Å². The van der Waals surface area contributed by atoms with Crippen molar-refractivity contribution >= 4 is 29.9 Å². The van der Waals surface area contributed by atoms with Crippen LogP contribution in [0.2, 0.25) is 0 Å². The van der Waals surface area contributed by atoms with Gasteiger partial charge in [0.05, 0.1) is 12.3 Å². The molecule has 0 saturated carbocycles. The lowest BCUT2D eigenvalue weighted by Crippen LogP contribution is -2.42. The lowest BCUT2D eigenvalue weighted by Gasteiger charge is -2.23. The first-order chi connectivity index (χ1) is 12.0. The van der Waals surface area contributed by atoms with Gasteiger partial charge in [0.1, 0.15) is 11.6 Å². The first-order valence-electron chi connectivity index (χ1n) is 8.40. The van der Waals surface area contributed by atoms with E-state index >= 15 is 0 Å². The fourth-order valence-corrected chi connectivity index (χ4v) is 2.69. The van der Waals surface area contributed by atoms with Crippen molar-refractivity contribution in [1.29, 1.82) is 0 Å². The van der Waals surface area contributed by atoms with E-state index in [9.17, 15) is 4.39 Å².